The van der Waals surface area contributed by atoms with Gasteiger partial charge in [-0.1, -0.05) is 30.7 Å². The summed E-state index contributed by atoms with van der Waals surface area (Å²) in [6.45, 7) is 2.12. The molecule has 9 nitrogen and oxygen atoms in total. The second kappa shape index (κ2) is 11.6. The number of anilines is 3. The van der Waals surface area contributed by atoms with Crippen molar-refractivity contribution >= 4 is 52.4 Å². The zero-order valence-electron chi connectivity index (χ0n) is 20.6. The van der Waals surface area contributed by atoms with Crippen LogP contribution in [0.1, 0.15) is 34.1 Å². The summed E-state index contributed by atoms with van der Waals surface area (Å²) in [4.78, 5) is 51.9. The summed E-state index contributed by atoms with van der Waals surface area (Å²) in [6, 6.07) is 19.2. The summed E-state index contributed by atoms with van der Waals surface area (Å²) >= 11 is 6.25. The molecule has 2 N–H and O–H groups in total. The second-order valence-electron chi connectivity index (χ2n) is 8.21. The van der Waals surface area contributed by atoms with E-state index < -0.39 is 17.8 Å². The Morgan fingerprint density at radius 2 is 1.61 bits per heavy atom. The van der Waals surface area contributed by atoms with Crippen LogP contribution < -0.4 is 20.3 Å². The number of benzene rings is 3. The lowest BCUT2D eigenvalue weighted by Crippen LogP contribution is -2.32. The molecule has 1 aliphatic rings. The van der Waals surface area contributed by atoms with Gasteiger partial charge in [-0.05, 0) is 67.1 Å². The topological polar surface area (TPSA) is 114 Å². The third-order valence-corrected chi connectivity index (χ3v) is 5.90. The van der Waals surface area contributed by atoms with Gasteiger partial charge in [0.15, 0.2) is 0 Å². The van der Waals surface area contributed by atoms with Crippen LogP contribution in [0.5, 0.6) is 5.75 Å². The van der Waals surface area contributed by atoms with Gasteiger partial charge in [-0.15, -0.1) is 0 Å². The van der Waals surface area contributed by atoms with Crippen molar-refractivity contribution in [1.82, 2.24) is 0 Å². The number of rotatable bonds is 9. The van der Waals surface area contributed by atoms with Crippen LogP contribution in [-0.4, -0.2) is 37.4 Å². The van der Waals surface area contributed by atoms with Gasteiger partial charge in [0.05, 0.1) is 25.0 Å². The fourth-order valence-corrected chi connectivity index (χ4v) is 3.87. The van der Waals surface area contributed by atoms with Crippen LogP contribution in [0.15, 0.2) is 83.5 Å². The number of amides is 3. The number of esters is 1. The van der Waals surface area contributed by atoms with Crippen LogP contribution in [-0.2, 0) is 14.3 Å². The lowest BCUT2D eigenvalue weighted by Gasteiger charge is -2.16. The molecular weight excluding hydrogens is 510 g/mol. The SMILES string of the molecule is CCCOC(=O)c1cccc(N2C(=O)C(Cl)=C(Nc3cccc(C(=O)Nc4ccc(OC)cc4)c3)C2=O)c1. The van der Waals surface area contributed by atoms with Gasteiger partial charge in [0, 0.05) is 16.9 Å². The number of carbonyl (C=O) groups excluding carboxylic acids is 4. The highest BCUT2D eigenvalue weighted by Crippen LogP contribution is 2.31. The Labute approximate surface area is 224 Å². The molecule has 4 rings (SSSR count). The normalized spacial score (nSPS) is 13.0. The van der Waals surface area contributed by atoms with Crippen LogP contribution in [0.2, 0.25) is 0 Å². The maximum Gasteiger partial charge on any atom is 0.338 e. The number of nitrogens with zero attached hydrogens (tertiary/aromatic N) is 1. The molecule has 0 spiro atoms. The van der Waals surface area contributed by atoms with E-state index in [-0.39, 0.29) is 34.5 Å². The van der Waals surface area contributed by atoms with Gasteiger partial charge in [-0.25, -0.2) is 9.69 Å². The van der Waals surface area contributed by atoms with Crippen molar-refractivity contribution in [3.05, 3.63) is 94.7 Å². The second-order valence-corrected chi connectivity index (χ2v) is 8.59. The zero-order valence-corrected chi connectivity index (χ0v) is 21.4. The number of hydrogen-bond donors (Lipinski definition) is 2. The number of ether oxygens (including phenoxy) is 2. The van der Waals surface area contributed by atoms with Gasteiger partial charge in [-0.3, -0.25) is 14.4 Å². The van der Waals surface area contributed by atoms with Crippen molar-refractivity contribution in [2.45, 2.75) is 13.3 Å². The first-order valence-electron chi connectivity index (χ1n) is 11.7. The number of hydrogen-bond acceptors (Lipinski definition) is 7. The smallest absolute Gasteiger partial charge is 0.338 e. The lowest BCUT2D eigenvalue weighted by atomic mass is 10.1. The molecular formula is C28H24ClN3O6. The Hall–Kier alpha value is -4.63. The quantitative estimate of drug-likeness (QED) is 0.295. The first-order chi connectivity index (χ1) is 18.3. The fraction of sp³-hybridized carbons (Fsp3) is 0.143. The van der Waals surface area contributed by atoms with Crippen molar-refractivity contribution < 1.29 is 28.7 Å². The van der Waals surface area contributed by atoms with Gasteiger partial charge in [0.2, 0.25) is 0 Å². The minimum absolute atomic E-state index is 0.150. The monoisotopic (exact) mass is 533 g/mol. The molecule has 3 aromatic rings. The van der Waals surface area contributed by atoms with Crippen molar-refractivity contribution in [2.24, 2.45) is 0 Å². The van der Waals surface area contributed by atoms with Crippen molar-refractivity contribution in [3.63, 3.8) is 0 Å². The van der Waals surface area contributed by atoms with Crippen molar-refractivity contribution in [2.75, 3.05) is 29.3 Å². The van der Waals surface area contributed by atoms with Crippen molar-refractivity contribution in [1.29, 1.82) is 0 Å². The minimum atomic E-state index is -0.744. The molecule has 0 radical (unpaired) electrons. The maximum absolute atomic E-state index is 13.2. The summed E-state index contributed by atoms with van der Waals surface area (Å²) in [5.74, 6) is -1.72. The van der Waals surface area contributed by atoms with Gasteiger partial charge in [-0.2, -0.15) is 0 Å². The maximum atomic E-state index is 13.2. The molecule has 3 aromatic carbocycles. The number of imide groups is 1. The van der Waals surface area contributed by atoms with Gasteiger partial charge in [0.1, 0.15) is 16.5 Å². The van der Waals surface area contributed by atoms with E-state index in [1.807, 2.05) is 6.92 Å². The Kier molecular flexibility index (Phi) is 8.08. The Balaban J connectivity index is 1.50. The van der Waals surface area contributed by atoms with Crippen LogP contribution in [0.25, 0.3) is 0 Å². The number of carbonyl (C=O) groups is 4. The third-order valence-electron chi connectivity index (χ3n) is 5.55. The van der Waals surface area contributed by atoms with Gasteiger partial charge in [0.25, 0.3) is 17.7 Å². The number of halogens is 1. The molecule has 0 atom stereocenters. The molecule has 1 heterocycles. The van der Waals surface area contributed by atoms with Crippen LogP contribution >= 0.6 is 11.6 Å². The molecule has 0 unspecified atom stereocenters. The molecule has 0 aromatic heterocycles. The Bertz CT molecular complexity index is 1430. The lowest BCUT2D eigenvalue weighted by molar-refractivity contribution is -0.120. The van der Waals surface area contributed by atoms with Crippen LogP contribution in [0.3, 0.4) is 0 Å². The fourth-order valence-electron chi connectivity index (χ4n) is 3.66. The highest BCUT2D eigenvalue weighted by atomic mass is 35.5. The van der Waals surface area contributed by atoms with E-state index in [1.54, 1.807) is 55.6 Å². The van der Waals surface area contributed by atoms with Gasteiger partial charge < -0.3 is 20.1 Å². The summed E-state index contributed by atoms with van der Waals surface area (Å²) in [7, 11) is 1.55. The third kappa shape index (κ3) is 5.68. The largest absolute Gasteiger partial charge is 0.497 e. The molecule has 0 bridgehead atoms. The molecule has 0 saturated heterocycles. The standard InChI is InChI=1S/C28H24ClN3O6/c1-3-14-38-28(36)18-7-5-9-21(16-18)32-26(34)23(29)24(27(32)35)30-20-8-4-6-17(15-20)25(33)31-19-10-12-22(37-2)13-11-19/h4-13,15-16,30H,3,14H2,1-2H3,(H,31,33). The predicted octanol–water partition coefficient (Wildman–Crippen LogP) is 4.95. The Morgan fingerprint density at radius 3 is 2.32 bits per heavy atom. The van der Waals surface area contributed by atoms with E-state index >= 15 is 0 Å². The highest BCUT2D eigenvalue weighted by molar-refractivity contribution is 6.53. The molecule has 10 heteroatoms. The van der Waals surface area contributed by atoms with Crippen molar-refractivity contribution in [3.8, 4) is 5.75 Å². The summed E-state index contributed by atoms with van der Waals surface area (Å²) < 4.78 is 10.3. The summed E-state index contributed by atoms with van der Waals surface area (Å²) in [5.41, 5.74) is 1.49. The molecule has 194 valence electrons. The molecule has 1 aliphatic heterocycles. The summed E-state index contributed by atoms with van der Waals surface area (Å²) in [6.07, 6.45) is 0.660. The predicted molar refractivity (Wildman–Crippen MR) is 143 cm³/mol. The number of methoxy groups -OCH3 is 1. The molecule has 38 heavy (non-hydrogen) atoms. The Morgan fingerprint density at radius 1 is 0.895 bits per heavy atom. The minimum Gasteiger partial charge on any atom is -0.497 e. The molecule has 0 saturated carbocycles. The van der Waals surface area contributed by atoms with E-state index in [2.05, 4.69) is 10.6 Å². The molecule has 0 fully saturated rings. The average Bonchev–Trinajstić information content (AvgIpc) is 3.15. The number of nitrogens with one attached hydrogen (secondary N) is 2. The summed E-state index contributed by atoms with van der Waals surface area (Å²) in [5, 5.41) is 5.32. The van der Waals surface area contributed by atoms with E-state index in [0.29, 0.717) is 29.1 Å². The molecule has 0 aliphatic carbocycles. The van der Waals surface area contributed by atoms with E-state index in [4.69, 9.17) is 21.1 Å². The van der Waals surface area contributed by atoms with Crippen LogP contribution in [0.4, 0.5) is 17.1 Å². The van der Waals surface area contributed by atoms with E-state index in [0.717, 1.165) is 4.90 Å². The first-order valence-corrected chi connectivity index (χ1v) is 12.1. The average molecular weight is 534 g/mol. The first kappa shape index (κ1) is 26.4. The van der Waals surface area contributed by atoms with Gasteiger partial charge >= 0.3 is 5.97 Å². The van der Waals surface area contributed by atoms with E-state index in [1.165, 1.54) is 24.3 Å². The van der Waals surface area contributed by atoms with E-state index in [9.17, 15) is 19.2 Å². The highest BCUT2D eigenvalue weighted by Gasteiger charge is 2.39. The van der Waals surface area contributed by atoms with Crippen LogP contribution in [0, 0.1) is 0 Å². The molecule has 3 amide bonds. The zero-order chi connectivity index (χ0) is 27.2.